The van der Waals surface area contributed by atoms with Gasteiger partial charge in [-0.25, -0.2) is 4.79 Å². The Labute approximate surface area is 170 Å². The van der Waals surface area contributed by atoms with E-state index < -0.39 is 18.0 Å². The van der Waals surface area contributed by atoms with Crippen molar-refractivity contribution in [3.63, 3.8) is 0 Å². The van der Waals surface area contributed by atoms with Crippen LogP contribution in [0.3, 0.4) is 0 Å². The number of anilines is 1. The van der Waals surface area contributed by atoms with E-state index in [1.807, 2.05) is 24.3 Å². The van der Waals surface area contributed by atoms with Gasteiger partial charge in [-0.3, -0.25) is 4.79 Å². The predicted molar refractivity (Wildman–Crippen MR) is 112 cm³/mol. The molecule has 0 saturated carbocycles. The van der Waals surface area contributed by atoms with E-state index in [-0.39, 0.29) is 0 Å². The Morgan fingerprint density at radius 1 is 1.07 bits per heavy atom. The van der Waals surface area contributed by atoms with Crippen LogP contribution in [0.5, 0.6) is 5.75 Å². The number of amides is 1. The van der Waals surface area contributed by atoms with E-state index in [1.54, 1.807) is 24.3 Å². The van der Waals surface area contributed by atoms with Gasteiger partial charge in [-0.05, 0) is 48.2 Å². The first-order chi connectivity index (χ1) is 13.3. The van der Waals surface area contributed by atoms with Crippen molar-refractivity contribution in [3.8, 4) is 5.75 Å². The van der Waals surface area contributed by atoms with Gasteiger partial charge < -0.3 is 14.8 Å². The number of halogens is 1. The molecule has 0 spiro atoms. The van der Waals surface area contributed by atoms with E-state index in [0.29, 0.717) is 22.4 Å². The quantitative estimate of drug-likeness (QED) is 0.520. The highest BCUT2D eigenvalue weighted by molar-refractivity contribution is 6.32. The molecule has 6 heteroatoms. The zero-order valence-corrected chi connectivity index (χ0v) is 17.1. The average molecular weight is 402 g/mol. The number of hydrogen-bond donors (Lipinski definition) is 1. The number of hydrogen-bond acceptors (Lipinski definition) is 4. The van der Waals surface area contributed by atoms with Crippen LogP contribution in [0.4, 0.5) is 5.69 Å². The van der Waals surface area contributed by atoms with E-state index in [9.17, 15) is 9.59 Å². The molecule has 2 rings (SSSR count). The molecule has 0 aliphatic carbocycles. The van der Waals surface area contributed by atoms with Crippen LogP contribution in [-0.2, 0) is 14.3 Å². The molecular weight excluding hydrogens is 378 g/mol. The molecule has 0 saturated heterocycles. The van der Waals surface area contributed by atoms with E-state index in [1.165, 1.54) is 25.7 Å². The molecular formula is C22H24ClNO4. The first-order valence-electron chi connectivity index (χ1n) is 8.93. The van der Waals surface area contributed by atoms with Crippen molar-refractivity contribution in [2.75, 3.05) is 12.4 Å². The number of carbonyl (C=O) groups excluding carboxylic acids is 2. The molecule has 5 nitrogen and oxygen atoms in total. The maximum absolute atomic E-state index is 12.2. The maximum Gasteiger partial charge on any atom is 0.331 e. The largest absolute Gasteiger partial charge is 0.495 e. The van der Waals surface area contributed by atoms with Crippen molar-refractivity contribution in [1.82, 2.24) is 0 Å². The number of esters is 1. The molecule has 1 atom stereocenters. The zero-order chi connectivity index (χ0) is 20.7. The molecule has 1 amide bonds. The van der Waals surface area contributed by atoms with Crippen molar-refractivity contribution < 1.29 is 19.1 Å². The SMILES string of the molecule is COc1ccc(NC(=O)C(C)OC(=O)C=Cc2ccc(C(C)C)cc2)cc1Cl. The predicted octanol–water partition coefficient (Wildman–Crippen LogP) is 5.06. The molecule has 0 aliphatic heterocycles. The van der Waals surface area contributed by atoms with Gasteiger partial charge >= 0.3 is 5.97 Å². The molecule has 2 aromatic carbocycles. The highest BCUT2D eigenvalue weighted by Gasteiger charge is 2.17. The summed E-state index contributed by atoms with van der Waals surface area (Å²) < 4.78 is 10.2. The minimum atomic E-state index is -0.957. The van der Waals surface area contributed by atoms with Crippen LogP contribution in [0.15, 0.2) is 48.5 Å². The first kappa shape index (κ1) is 21.5. The van der Waals surface area contributed by atoms with Gasteiger partial charge in [0.2, 0.25) is 0 Å². The third-order valence-corrected chi connectivity index (χ3v) is 4.39. The van der Waals surface area contributed by atoms with Crippen LogP contribution in [0.2, 0.25) is 5.02 Å². The third kappa shape index (κ3) is 6.13. The van der Waals surface area contributed by atoms with Crippen LogP contribution >= 0.6 is 11.6 Å². The topological polar surface area (TPSA) is 64.6 Å². The molecule has 2 aromatic rings. The fourth-order valence-corrected chi connectivity index (χ4v) is 2.67. The minimum Gasteiger partial charge on any atom is -0.495 e. The van der Waals surface area contributed by atoms with Gasteiger partial charge in [-0.15, -0.1) is 0 Å². The molecule has 0 fully saturated rings. The highest BCUT2D eigenvalue weighted by Crippen LogP contribution is 2.27. The lowest BCUT2D eigenvalue weighted by atomic mass is 10.0. The van der Waals surface area contributed by atoms with Gasteiger partial charge in [0.25, 0.3) is 5.91 Å². The Hall–Kier alpha value is -2.79. The van der Waals surface area contributed by atoms with E-state index in [2.05, 4.69) is 19.2 Å². The monoisotopic (exact) mass is 401 g/mol. The maximum atomic E-state index is 12.2. The molecule has 0 aliphatic rings. The Kier molecular flexibility index (Phi) is 7.64. The summed E-state index contributed by atoms with van der Waals surface area (Å²) in [5.74, 6) is -0.0961. The second-order valence-electron chi connectivity index (χ2n) is 6.57. The Balaban J connectivity index is 1.90. The zero-order valence-electron chi connectivity index (χ0n) is 16.4. The van der Waals surface area contributed by atoms with Gasteiger partial charge in [0.1, 0.15) is 5.75 Å². The lowest BCUT2D eigenvalue weighted by molar-refractivity contribution is -0.148. The van der Waals surface area contributed by atoms with Crippen LogP contribution in [0, 0.1) is 0 Å². The second-order valence-corrected chi connectivity index (χ2v) is 6.98. The minimum absolute atomic E-state index is 0.372. The van der Waals surface area contributed by atoms with Crippen LogP contribution in [0.1, 0.15) is 37.8 Å². The molecule has 0 radical (unpaired) electrons. The van der Waals surface area contributed by atoms with E-state index >= 15 is 0 Å². The summed E-state index contributed by atoms with van der Waals surface area (Å²) >= 11 is 6.03. The third-order valence-electron chi connectivity index (χ3n) is 4.10. The number of nitrogens with one attached hydrogen (secondary N) is 1. The molecule has 0 heterocycles. The van der Waals surface area contributed by atoms with Crippen molar-refractivity contribution in [3.05, 3.63) is 64.7 Å². The van der Waals surface area contributed by atoms with Crippen molar-refractivity contribution >= 4 is 35.2 Å². The lowest BCUT2D eigenvalue weighted by Gasteiger charge is -2.13. The second kappa shape index (κ2) is 9.95. The van der Waals surface area contributed by atoms with Gasteiger partial charge in [0, 0.05) is 11.8 Å². The van der Waals surface area contributed by atoms with Crippen LogP contribution in [-0.4, -0.2) is 25.1 Å². The summed E-state index contributed by atoms with van der Waals surface area (Å²) in [4.78, 5) is 24.2. The summed E-state index contributed by atoms with van der Waals surface area (Å²) in [5, 5.41) is 3.02. The van der Waals surface area contributed by atoms with Crippen molar-refractivity contribution in [2.24, 2.45) is 0 Å². The van der Waals surface area contributed by atoms with Gasteiger partial charge in [0.05, 0.1) is 12.1 Å². The summed E-state index contributed by atoms with van der Waals surface area (Å²) in [6.45, 7) is 5.74. The average Bonchev–Trinajstić information content (AvgIpc) is 2.66. The number of ether oxygens (including phenoxy) is 2. The summed E-state index contributed by atoms with van der Waals surface area (Å²) in [6, 6.07) is 12.8. The number of benzene rings is 2. The van der Waals surface area contributed by atoms with Gasteiger partial charge in [0.15, 0.2) is 6.10 Å². The highest BCUT2D eigenvalue weighted by atomic mass is 35.5. The molecule has 28 heavy (non-hydrogen) atoms. The van der Waals surface area contributed by atoms with Gasteiger partial charge in [-0.1, -0.05) is 49.7 Å². The molecule has 1 unspecified atom stereocenters. The lowest BCUT2D eigenvalue weighted by Crippen LogP contribution is -2.29. The smallest absolute Gasteiger partial charge is 0.331 e. The summed E-state index contributed by atoms with van der Waals surface area (Å²) in [6.07, 6.45) is 2.00. The van der Waals surface area contributed by atoms with Crippen LogP contribution < -0.4 is 10.1 Å². The summed E-state index contributed by atoms with van der Waals surface area (Å²) in [5.41, 5.74) is 2.59. The molecule has 0 bridgehead atoms. The molecule has 0 aromatic heterocycles. The van der Waals surface area contributed by atoms with Crippen LogP contribution in [0.25, 0.3) is 6.08 Å². The van der Waals surface area contributed by atoms with E-state index in [4.69, 9.17) is 21.1 Å². The Morgan fingerprint density at radius 3 is 2.32 bits per heavy atom. The van der Waals surface area contributed by atoms with Crippen molar-refractivity contribution in [1.29, 1.82) is 0 Å². The van der Waals surface area contributed by atoms with E-state index in [0.717, 1.165) is 5.56 Å². The summed E-state index contributed by atoms with van der Waals surface area (Å²) in [7, 11) is 1.51. The Morgan fingerprint density at radius 2 is 1.75 bits per heavy atom. The number of methoxy groups -OCH3 is 1. The standard InChI is InChI=1S/C22H24ClNO4/c1-14(2)17-8-5-16(6-9-17)7-12-21(25)28-15(3)22(26)24-18-10-11-20(27-4)19(23)13-18/h5-15H,1-4H3,(H,24,26). The van der Waals surface area contributed by atoms with Gasteiger partial charge in [-0.2, -0.15) is 0 Å². The number of rotatable bonds is 7. The van der Waals surface area contributed by atoms with Crippen molar-refractivity contribution in [2.45, 2.75) is 32.8 Å². The fourth-order valence-electron chi connectivity index (χ4n) is 2.41. The fraction of sp³-hybridized carbons (Fsp3) is 0.273. The number of carbonyl (C=O) groups is 2. The normalized spacial score (nSPS) is 12.1. The Bertz CT molecular complexity index is 859. The molecule has 1 N–H and O–H groups in total. The molecule has 148 valence electrons. The first-order valence-corrected chi connectivity index (χ1v) is 9.31.